The fraction of sp³-hybridized carbons (Fsp3) is 0.385. The first kappa shape index (κ1) is 10.7. The van der Waals surface area contributed by atoms with Crippen LogP contribution in [0.4, 0.5) is 0 Å². The summed E-state index contributed by atoms with van der Waals surface area (Å²) in [6.07, 6.45) is 2.21. The van der Waals surface area contributed by atoms with E-state index in [1.807, 2.05) is 29.2 Å². The zero-order valence-corrected chi connectivity index (χ0v) is 9.15. The van der Waals surface area contributed by atoms with Crippen molar-refractivity contribution in [2.24, 2.45) is 0 Å². The number of nitriles is 1. The van der Waals surface area contributed by atoms with Gasteiger partial charge in [0, 0.05) is 25.1 Å². The van der Waals surface area contributed by atoms with E-state index in [1.165, 1.54) is 0 Å². The van der Waals surface area contributed by atoms with E-state index >= 15 is 0 Å². The molecule has 0 N–H and O–H groups in total. The van der Waals surface area contributed by atoms with Gasteiger partial charge in [-0.15, -0.1) is 0 Å². The Balaban J connectivity index is 2.07. The highest BCUT2D eigenvalue weighted by molar-refractivity contribution is 5.96. The van der Waals surface area contributed by atoms with Crippen LogP contribution in [0.25, 0.3) is 0 Å². The van der Waals surface area contributed by atoms with Crippen LogP contribution in [0.15, 0.2) is 24.3 Å². The third kappa shape index (κ3) is 2.06. The Morgan fingerprint density at radius 3 is 3.00 bits per heavy atom. The lowest BCUT2D eigenvalue weighted by Crippen LogP contribution is -2.38. The summed E-state index contributed by atoms with van der Waals surface area (Å²) in [5.41, 5.74) is 1.97. The molecule has 0 saturated carbocycles. The first-order chi connectivity index (χ1) is 7.83. The molecule has 0 fully saturated rings. The van der Waals surface area contributed by atoms with E-state index < -0.39 is 0 Å². The minimum atomic E-state index is 0.111. The lowest BCUT2D eigenvalue weighted by Gasteiger charge is -2.28. The topological polar surface area (TPSA) is 44.1 Å². The number of fused-ring (bicyclic) bond motifs is 1. The Bertz CT molecular complexity index is 434. The smallest absolute Gasteiger partial charge is 0.254 e. The van der Waals surface area contributed by atoms with Crippen LogP contribution in [0.1, 0.15) is 28.8 Å². The fourth-order valence-corrected chi connectivity index (χ4v) is 2.04. The van der Waals surface area contributed by atoms with Gasteiger partial charge in [-0.25, -0.2) is 0 Å². The predicted octanol–water partition coefficient (Wildman–Crippen LogP) is 1.99. The molecule has 1 amide bonds. The summed E-state index contributed by atoms with van der Waals surface area (Å²) in [6, 6.07) is 9.87. The molecule has 1 aromatic rings. The maximum Gasteiger partial charge on any atom is 0.254 e. The van der Waals surface area contributed by atoms with Gasteiger partial charge < -0.3 is 4.90 Å². The summed E-state index contributed by atoms with van der Waals surface area (Å²) < 4.78 is 0. The molecule has 0 aliphatic carbocycles. The average Bonchev–Trinajstić information content (AvgIpc) is 2.33. The van der Waals surface area contributed by atoms with E-state index in [9.17, 15) is 4.79 Å². The average molecular weight is 214 g/mol. The van der Waals surface area contributed by atoms with Crippen molar-refractivity contribution in [1.82, 2.24) is 4.90 Å². The molecule has 1 aliphatic heterocycles. The summed E-state index contributed by atoms with van der Waals surface area (Å²) in [5, 5.41) is 8.47. The zero-order chi connectivity index (χ0) is 11.4. The van der Waals surface area contributed by atoms with Crippen LogP contribution in [-0.2, 0) is 6.42 Å². The van der Waals surface area contributed by atoms with E-state index in [2.05, 4.69) is 6.07 Å². The minimum absolute atomic E-state index is 0.111. The normalized spacial score (nSPS) is 14.4. The molecule has 1 aromatic carbocycles. The molecular formula is C13H14N2O. The third-order valence-electron chi connectivity index (χ3n) is 2.90. The van der Waals surface area contributed by atoms with Crippen LogP contribution >= 0.6 is 0 Å². The molecule has 0 radical (unpaired) electrons. The minimum Gasteiger partial charge on any atom is -0.338 e. The Morgan fingerprint density at radius 1 is 1.38 bits per heavy atom. The van der Waals surface area contributed by atoms with Crippen molar-refractivity contribution in [3.8, 4) is 6.07 Å². The molecule has 2 rings (SSSR count). The molecule has 3 heteroatoms. The summed E-state index contributed by atoms with van der Waals surface area (Å²) >= 11 is 0. The first-order valence-electron chi connectivity index (χ1n) is 5.57. The SMILES string of the molecule is N#CCCCN1CCc2ccccc2C1=O. The first-order valence-corrected chi connectivity index (χ1v) is 5.57. The van der Waals surface area contributed by atoms with E-state index in [0.29, 0.717) is 13.0 Å². The van der Waals surface area contributed by atoms with Crippen molar-refractivity contribution >= 4 is 5.91 Å². The fourth-order valence-electron chi connectivity index (χ4n) is 2.04. The molecule has 1 aliphatic rings. The van der Waals surface area contributed by atoms with Crippen molar-refractivity contribution in [2.75, 3.05) is 13.1 Å². The highest BCUT2D eigenvalue weighted by Crippen LogP contribution is 2.18. The highest BCUT2D eigenvalue weighted by Gasteiger charge is 2.22. The lowest BCUT2D eigenvalue weighted by atomic mass is 9.99. The van der Waals surface area contributed by atoms with Gasteiger partial charge in [0.2, 0.25) is 0 Å². The van der Waals surface area contributed by atoms with E-state index in [1.54, 1.807) is 0 Å². The quantitative estimate of drug-likeness (QED) is 0.722. The van der Waals surface area contributed by atoms with Crippen molar-refractivity contribution in [1.29, 1.82) is 5.26 Å². The van der Waals surface area contributed by atoms with Gasteiger partial charge in [0.15, 0.2) is 0 Å². The highest BCUT2D eigenvalue weighted by atomic mass is 16.2. The van der Waals surface area contributed by atoms with Crippen LogP contribution in [-0.4, -0.2) is 23.9 Å². The number of amides is 1. The molecule has 0 spiro atoms. The summed E-state index contributed by atoms with van der Waals surface area (Å²) in [5.74, 6) is 0.111. The summed E-state index contributed by atoms with van der Waals surface area (Å²) in [6.45, 7) is 1.47. The van der Waals surface area contributed by atoms with Crippen molar-refractivity contribution in [3.05, 3.63) is 35.4 Å². The maximum atomic E-state index is 12.1. The number of hydrogen-bond acceptors (Lipinski definition) is 2. The lowest BCUT2D eigenvalue weighted by molar-refractivity contribution is 0.0738. The van der Waals surface area contributed by atoms with E-state index in [0.717, 1.165) is 30.5 Å². The Kier molecular flexibility index (Phi) is 3.21. The standard InChI is InChI=1S/C13H14N2O/c14-8-3-4-9-15-10-7-11-5-1-2-6-12(11)13(15)16/h1-2,5-6H,3-4,7,9-10H2. The number of unbranched alkanes of at least 4 members (excludes halogenated alkanes) is 1. The molecular weight excluding hydrogens is 200 g/mol. The summed E-state index contributed by atoms with van der Waals surface area (Å²) in [7, 11) is 0. The maximum absolute atomic E-state index is 12.1. The molecule has 0 atom stereocenters. The van der Waals surface area contributed by atoms with Crippen LogP contribution in [0.5, 0.6) is 0 Å². The second-order valence-electron chi connectivity index (χ2n) is 3.96. The molecule has 16 heavy (non-hydrogen) atoms. The molecule has 3 nitrogen and oxygen atoms in total. The van der Waals surface area contributed by atoms with Gasteiger partial charge >= 0.3 is 0 Å². The monoisotopic (exact) mass is 214 g/mol. The number of carbonyl (C=O) groups is 1. The Labute approximate surface area is 95.3 Å². The van der Waals surface area contributed by atoms with Crippen LogP contribution < -0.4 is 0 Å². The number of nitrogens with zero attached hydrogens (tertiary/aromatic N) is 2. The largest absolute Gasteiger partial charge is 0.338 e. The number of benzene rings is 1. The predicted molar refractivity (Wildman–Crippen MR) is 60.9 cm³/mol. The van der Waals surface area contributed by atoms with Crippen LogP contribution in [0.3, 0.4) is 0 Å². The molecule has 0 bridgehead atoms. The summed E-state index contributed by atoms with van der Waals surface area (Å²) in [4.78, 5) is 13.9. The molecule has 1 heterocycles. The Hall–Kier alpha value is -1.82. The van der Waals surface area contributed by atoms with E-state index in [4.69, 9.17) is 5.26 Å². The molecule has 82 valence electrons. The van der Waals surface area contributed by atoms with Gasteiger partial charge in [-0.05, 0) is 24.5 Å². The molecule has 0 unspecified atom stereocenters. The second-order valence-corrected chi connectivity index (χ2v) is 3.96. The Morgan fingerprint density at radius 2 is 2.19 bits per heavy atom. The van der Waals surface area contributed by atoms with Crippen LogP contribution in [0, 0.1) is 11.3 Å². The van der Waals surface area contributed by atoms with Gasteiger partial charge in [0.05, 0.1) is 6.07 Å². The number of rotatable bonds is 3. The van der Waals surface area contributed by atoms with Gasteiger partial charge in [-0.2, -0.15) is 5.26 Å². The van der Waals surface area contributed by atoms with Crippen molar-refractivity contribution in [3.63, 3.8) is 0 Å². The van der Waals surface area contributed by atoms with Crippen LogP contribution in [0.2, 0.25) is 0 Å². The van der Waals surface area contributed by atoms with Crippen molar-refractivity contribution < 1.29 is 4.79 Å². The zero-order valence-electron chi connectivity index (χ0n) is 9.15. The van der Waals surface area contributed by atoms with E-state index in [-0.39, 0.29) is 5.91 Å². The number of hydrogen-bond donors (Lipinski definition) is 0. The number of carbonyl (C=O) groups excluding carboxylic acids is 1. The second kappa shape index (κ2) is 4.80. The molecule has 0 saturated heterocycles. The van der Waals surface area contributed by atoms with Gasteiger partial charge in [0.25, 0.3) is 5.91 Å². The van der Waals surface area contributed by atoms with Crippen molar-refractivity contribution in [2.45, 2.75) is 19.3 Å². The molecule has 0 aromatic heterocycles. The van der Waals surface area contributed by atoms with Gasteiger partial charge in [-0.1, -0.05) is 18.2 Å². The van der Waals surface area contributed by atoms with Gasteiger partial charge in [-0.3, -0.25) is 4.79 Å². The third-order valence-corrected chi connectivity index (χ3v) is 2.90. The van der Waals surface area contributed by atoms with Gasteiger partial charge in [0.1, 0.15) is 0 Å².